The van der Waals surface area contributed by atoms with Gasteiger partial charge in [0.15, 0.2) is 5.82 Å². The van der Waals surface area contributed by atoms with E-state index in [1.54, 1.807) is 7.11 Å². The normalized spacial score (nSPS) is 11.1. The molecule has 0 spiro atoms. The summed E-state index contributed by atoms with van der Waals surface area (Å²) >= 11 is 3.45. The summed E-state index contributed by atoms with van der Waals surface area (Å²) in [5.74, 6) is 1.40. The van der Waals surface area contributed by atoms with Crippen molar-refractivity contribution in [1.82, 2.24) is 9.97 Å². The highest BCUT2D eigenvalue weighted by Gasteiger charge is 2.14. The van der Waals surface area contributed by atoms with Crippen molar-refractivity contribution >= 4 is 21.7 Å². The van der Waals surface area contributed by atoms with Gasteiger partial charge in [-0.1, -0.05) is 38.1 Å². The summed E-state index contributed by atoms with van der Waals surface area (Å²) in [5.41, 5.74) is 8.95. The Hall–Kier alpha value is -1.46. The molecule has 0 aliphatic heterocycles. The SMILES string of the molecule is COCc1ccc(-c2nc(N)c(Br)c(C(C)C)n2)cc1. The highest BCUT2D eigenvalue weighted by molar-refractivity contribution is 9.10. The molecular weight excluding hydrogens is 318 g/mol. The van der Waals surface area contributed by atoms with Crippen molar-refractivity contribution in [3.05, 3.63) is 40.0 Å². The van der Waals surface area contributed by atoms with E-state index in [4.69, 9.17) is 10.5 Å². The molecule has 0 atom stereocenters. The van der Waals surface area contributed by atoms with Crippen LogP contribution in [0.3, 0.4) is 0 Å². The molecule has 2 aromatic rings. The number of rotatable bonds is 4. The number of methoxy groups -OCH3 is 1. The fraction of sp³-hybridized carbons (Fsp3) is 0.333. The van der Waals surface area contributed by atoms with Gasteiger partial charge >= 0.3 is 0 Å². The average molecular weight is 336 g/mol. The largest absolute Gasteiger partial charge is 0.383 e. The summed E-state index contributed by atoms with van der Waals surface area (Å²) in [7, 11) is 1.68. The maximum absolute atomic E-state index is 5.96. The molecule has 2 N–H and O–H groups in total. The Bertz CT molecular complexity index is 597. The van der Waals surface area contributed by atoms with Crippen LogP contribution < -0.4 is 5.73 Å². The van der Waals surface area contributed by atoms with Crippen LogP contribution in [-0.2, 0) is 11.3 Å². The molecule has 0 radical (unpaired) electrons. The quantitative estimate of drug-likeness (QED) is 0.923. The summed E-state index contributed by atoms with van der Waals surface area (Å²) in [6.45, 7) is 4.76. The van der Waals surface area contributed by atoms with Gasteiger partial charge in [0.25, 0.3) is 0 Å². The third-order valence-corrected chi connectivity index (χ3v) is 3.78. The monoisotopic (exact) mass is 335 g/mol. The van der Waals surface area contributed by atoms with Crippen molar-refractivity contribution < 1.29 is 4.74 Å². The minimum absolute atomic E-state index is 0.279. The molecular formula is C15H18BrN3O. The minimum Gasteiger partial charge on any atom is -0.383 e. The van der Waals surface area contributed by atoms with Crippen molar-refractivity contribution in [3.63, 3.8) is 0 Å². The van der Waals surface area contributed by atoms with Crippen molar-refractivity contribution in [1.29, 1.82) is 0 Å². The Morgan fingerprint density at radius 3 is 2.40 bits per heavy atom. The first-order chi connectivity index (χ1) is 9.52. The molecule has 5 heteroatoms. The fourth-order valence-electron chi connectivity index (χ4n) is 1.91. The van der Waals surface area contributed by atoms with Crippen molar-refractivity contribution in [3.8, 4) is 11.4 Å². The van der Waals surface area contributed by atoms with Gasteiger partial charge in [-0.2, -0.15) is 0 Å². The van der Waals surface area contributed by atoms with Crippen molar-refractivity contribution in [2.75, 3.05) is 12.8 Å². The molecule has 0 amide bonds. The first-order valence-electron chi connectivity index (χ1n) is 6.44. The number of anilines is 1. The number of nitrogens with two attached hydrogens (primary N) is 1. The summed E-state index contributed by atoms with van der Waals surface area (Å²) in [5, 5.41) is 0. The number of halogens is 1. The van der Waals surface area contributed by atoms with E-state index in [1.165, 1.54) is 0 Å². The zero-order valence-electron chi connectivity index (χ0n) is 11.9. The Kier molecular flexibility index (Phi) is 4.73. The third-order valence-electron chi connectivity index (χ3n) is 2.97. The molecule has 0 unspecified atom stereocenters. The fourth-order valence-corrected chi connectivity index (χ4v) is 2.55. The van der Waals surface area contributed by atoms with E-state index in [0.29, 0.717) is 18.2 Å². The highest BCUT2D eigenvalue weighted by Crippen LogP contribution is 2.29. The topological polar surface area (TPSA) is 61.0 Å². The van der Waals surface area contributed by atoms with E-state index in [0.717, 1.165) is 21.3 Å². The number of aromatic nitrogens is 2. The lowest BCUT2D eigenvalue weighted by molar-refractivity contribution is 0.185. The van der Waals surface area contributed by atoms with Crippen LogP contribution in [0.4, 0.5) is 5.82 Å². The highest BCUT2D eigenvalue weighted by atomic mass is 79.9. The van der Waals surface area contributed by atoms with Crippen LogP contribution >= 0.6 is 15.9 Å². The van der Waals surface area contributed by atoms with Gasteiger partial charge in [-0.3, -0.25) is 0 Å². The zero-order chi connectivity index (χ0) is 14.7. The molecule has 2 rings (SSSR count). The van der Waals surface area contributed by atoms with Crippen LogP contribution in [0.25, 0.3) is 11.4 Å². The molecule has 0 saturated carbocycles. The van der Waals surface area contributed by atoms with Crippen molar-refractivity contribution in [2.45, 2.75) is 26.4 Å². The second-order valence-corrected chi connectivity index (χ2v) is 5.71. The van der Waals surface area contributed by atoms with Crippen LogP contribution in [0.5, 0.6) is 0 Å². The van der Waals surface area contributed by atoms with Gasteiger partial charge in [0.1, 0.15) is 5.82 Å². The minimum atomic E-state index is 0.279. The lowest BCUT2D eigenvalue weighted by Gasteiger charge is -2.11. The Labute approximate surface area is 127 Å². The van der Waals surface area contributed by atoms with E-state index in [2.05, 4.69) is 39.7 Å². The second-order valence-electron chi connectivity index (χ2n) is 4.92. The van der Waals surface area contributed by atoms with Crippen LogP contribution in [0, 0.1) is 0 Å². The van der Waals surface area contributed by atoms with Gasteiger partial charge in [0.2, 0.25) is 0 Å². The molecule has 1 aromatic carbocycles. The molecule has 0 aliphatic rings. The molecule has 0 bridgehead atoms. The van der Waals surface area contributed by atoms with Gasteiger partial charge in [0.05, 0.1) is 16.8 Å². The number of hydrogen-bond acceptors (Lipinski definition) is 4. The smallest absolute Gasteiger partial charge is 0.161 e. The first kappa shape index (κ1) is 14.9. The molecule has 1 heterocycles. The molecule has 0 fully saturated rings. The van der Waals surface area contributed by atoms with Crippen LogP contribution in [0.1, 0.15) is 31.0 Å². The molecule has 0 aliphatic carbocycles. The molecule has 20 heavy (non-hydrogen) atoms. The van der Waals surface area contributed by atoms with Gasteiger partial charge in [0, 0.05) is 12.7 Å². The molecule has 106 valence electrons. The Morgan fingerprint density at radius 1 is 1.20 bits per heavy atom. The average Bonchev–Trinajstić information content (AvgIpc) is 2.42. The number of nitrogens with zero attached hydrogens (tertiary/aromatic N) is 2. The predicted octanol–water partition coefficient (Wildman–Crippen LogP) is 3.76. The molecule has 4 nitrogen and oxygen atoms in total. The van der Waals surface area contributed by atoms with Crippen LogP contribution in [-0.4, -0.2) is 17.1 Å². The van der Waals surface area contributed by atoms with Gasteiger partial charge in [-0.25, -0.2) is 9.97 Å². The first-order valence-corrected chi connectivity index (χ1v) is 7.23. The van der Waals surface area contributed by atoms with Crippen molar-refractivity contribution in [2.24, 2.45) is 0 Å². The summed E-state index contributed by atoms with van der Waals surface area (Å²) in [6, 6.07) is 7.99. The number of ether oxygens (including phenoxy) is 1. The summed E-state index contributed by atoms with van der Waals surface area (Å²) in [6.07, 6.45) is 0. The zero-order valence-corrected chi connectivity index (χ0v) is 13.4. The van der Waals surface area contributed by atoms with Crippen LogP contribution in [0.2, 0.25) is 0 Å². The van der Waals surface area contributed by atoms with Gasteiger partial charge in [-0.15, -0.1) is 0 Å². The summed E-state index contributed by atoms with van der Waals surface area (Å²) < 4.78 is 5.89. The van der Waals surface area contributed by atoms with Crippen LogP contribution in [0.15, 0.2) is 28.7 Å². The van der Waals surface area contributed by atoms with E-state index < -0.39 is 0 Å². The lowest BCUT2D eigenvalue weighted by Crippen LogP contribution is -2.04. The van der Waals surface area contributed by atoms with Gasteiger partial charge in [-0.05, 0) is 27.4 Å². The maximum Gasteiger partial charge on any atom is 0.161 e. The second kappa shape index (κ2) is 6.33. The van der Waals surface area contributed by atoms with E-state index >= 15 is 0 Å². The maximum atomic E-state index is 5.96. The number of benzene rings is 1. The van der Waals surface area contributed by atoms with Gasteiger partial charge < -0.3 is 10.5 Å². The predicted molar refractivity (Wildman–Crippen MR) is 84.4 cm³/mol. The van der Waals surface area contributed by atoms with E-state index in [1.807, 2.05) is 24.3 Å². The Morgan fingerprint density at radius 2 is 1.85 bits per heavy atom. The third kappa shape index (κ3) is 3.16. The summed E-state index contributed by atoms with van der Waals surface area (Å²) in [4.78, 5) is 8.96. The number of hydrogen-bond donors (Lipinski definition) is 1. The number of nitrogen functional groups attached to an aromatic ring is 1. The van der Waals surface area contributed by atoms with E-state index in [9.17, 15) is 0 Å². The lowest BCUT2D eigenvalue weighted by atomic mass is 10.1. The van der Waals surface area contributed by atoms with E-state index in [-0.39, 0.29) is 5.92 Å². The standard InChI is InChI=1S/C15H18BrN3O/c1-9(2)13-12(16)14(17)19-15(18-13)11-6-4-10(5-7-11)8-20-3/h4-7,9H,8H2,1-3H3,(H2,17,18,19). The molecule has 1 aromatic heterocycles. The molecule has 0 saturated heterocycles. The Balaban J connectivity index is 2.42.